The van der Waals surface area contributed by atoms with E-state index in [4.69, 9.17) is 9.47 Å². The number of aliphatic hydroxyl groups is 1. The van der Waals surface area contributed by atoms with Crippen LogP contribution in [0.1, 0.15) is 34.5 Å². The molecule has 0 aliphatic rings. The highest BCUT2D eigenvalue weighted by Crippen LogP contribution is 2.38. The molecule has 112 valence electrons. The fraction of sp³-hybridized carbons (Fsp3) is 0.333. The third-order valence-corrected chi connectivity index (χ3v) is 3.90. The first-order chi connectivity index (χ1) is 10.1. The molecule has 0 bridgehead atoms. The summed E-state index contributed by atoms with van der Waals surface area (Å²) in [5.41, 5.74) is 3.86. The van der Waals surface area contributed by atoms with E-state index in [0.29, 0.717) is 0 Å². The molecule has 21 heavy (non-hydrogen) atoms. The highest BCUT2D eigenvalue weighted by atomic mass is 16.5. The first-order valence-electron chi connectivity index (χ1n) is 7.00. The maximum atomic E-state index is 10.8. The van der Waals surface area contributed by atoms with Crippen molar-refractivity contribution >= 4 is 0 Å². The van der Waals surface area contributed by atoms with Crippen LogP contribution in [0.4, 0.5) is 0 Å². The van der Waals surface area contributed by atoms with Gasteiger partial charge in [0.25, 0.3) is 0 Å². The van der Waals surface area contributed by atoms with Gasteiger partial charge in [-0.3, -0.25) is 0 Å². The summed E-state index contributed by atoms with van der Waals surface area (Å²) < 4.78 is 11.0. The van der Waals surface area contributed by atoms with Crippen molar-refractivity contribution in [2.75, 3.05) is 14.2 Å². The van der Waals surface area contributed by atoms with E-state index in [0.717, 1.165) is 28.0 Å². The van der Waals surface area contributed by atoms with Gasteiger partial charge in [0, 0.05) is 12.7 Å². The Kier molecular flexibility index (Phi) is 4.99. The van der Waals surface area contributed by atoms with Crippen LogP contribution in [-0.4, -0.2) is 19.3 Å². The second-order valence-electron chi connectivity index (χ2n) is 5.14. The Morgan fingerprint density at radius 1 is 0.952 bits per heavy atom. The van der Waals surface area contributed by atoms with Crippen LogP contribution in [0.5, 0.6) is 5.75 Å². The van der Waals surface area contributed by atoms with Gasteiger partial charge in [-0.25, -0.2) is 0 Å². The van der Waals surface area contributed by atoms with E-state index < -0.39 is 12.2 Å². The van der Waals surface area contributed by atoms with Gasteiger partial charge in [0.15, 0.2) is 0 Å². The van der Waals surface area contributed by atoms with Crippen LogP contribution in [0.25, 0.3) is 0 Å². The van der Waals surface area contributed by atoms with Crippen molar-refractivity contribution < 1.29 is 14.6 Å². The minimum Gasteiger partial charge on any atom is -0.496 e. The number of hydrogen-bond acceptors (Lipinski definition) is 3. The first-order valence-corrected chi connectivity index (χ1v) is 7.00. The second-order valence-corrected chi connectivity index (χ2v) is 5.14. The summed E-state index contributed by atoms with van der Waals surface area (Å²) >= 11 is 0. The molecule has 0 fully saturated rings. The van der Waals surface area contributed by atoms with Gasteiger partial charge in [-0.1, -0.05) is 42.5 Å². The zero-order valence-corrected chi connectivity index (χ0v) is 13.0. The van der Waals surface area contributed by atoms with Crippen molar-refractivity contribution in [2.45, 2.75) is 26.1 Å². The summed E-state index contributed by atoms with van der Waals surface area (Å²) in [6, 6.07) is 13.6. The van der Waals surface area contributed by atoms with Crippen molar-refractivity contribution in [1.29, 1.82) is 0 Å². The lowest BCUT2D eigenvalue weighted by Gasteiger charge is -2.25. The molecule has 0 aromatic heterocycles. The van der Waals surface area contributed by atoms with E-state index >= 15 is 0 Å². The van der Waals surface area contributed by atoms with E-state index in [-0.39, 0.29) is 0 Å². The van der Waals surface area contributed by atoms with E-state index in [1.165, 1.54) is 0 Å². The van der Waals surface area contributed by atoms with Crippen LogP contribution >= 0.6 is 0 Å². The molecule has 0 heterocycles. The molecule has 2 aromatic rings. The molecule has 2 unspecified atom stereocenters. The average molecular weight is 286 g/mol. The standard InChI is InChI=1S/C18H22O3/c1-12-10-11-15(17(20-3)13(12)2)16(19)18(21-4)14-8-6-5-7-9-14/h5-11,16,18-19H,1-4H3. The number of rotatable bonds is 5. The predicted octanol–water partition coefficient (Wildman–Crippen LogP) is 3.73. The maximum absolute atomic E-state index is 10.8. The quantitative estimate of drug-likeness (QED) is 0.910. The summed E-state index contributed by atoms with van der Waals surface area (Å²) in [5.74, 6) is 0.723. The number of hydrogen-bond donors (Lipinski definition) is 1. The van der Waals surface area contributed by atoms with Crippen LogP contribution in [0.2, 0.25) is 0 Å². The molecule has 0 saturated heterocycles. The third kappa shape index (κ3) is 3.09. The summed E-state index contributed by atoms with van der Waals surface area (Å²) in [5, 5.41) is 10.8. The molecule has 1 N–H and O–H groups in total. The maximum Gasteiger partial charge on any atom is 0.127 e. The molecule has 2 rings (SSSR count). The molecule has 2 aromatic carbocycles. The molecular formula is C18H22O3. The number of ether oxygens (including phenoxy) is 2. The van der Waals surface area contributed by atoms with Gasteiger partial charge in [0.05, 0.1) is 7.11 Å². The lowest BCUT2D eigenvalue weighted by Crippen LogP contribution is -2.14. The monoisotopic (exact) mass is 286 g/mol. The molecular weight excluding hydrogens is 264 g/mol. The van der Waals surface area contributed by atoms with Crippen molar-refractivity contribution in [2.24, 2.45) is 0 Å². The molecule has 2 atom stereocenters. The minimum absolute atomic E-state index is 0.429. The first kappa shape index (κ1) is 15.5. The Hall–Kier alpha value is -1.84. The predicted molar refractivity (Wildman–Crippen MR) is 83.6 cm³/mol. The van der Waals surface area contributed by atoms with E-state index in [1.54, 1.807) is 14.2 Å². The van der Waals surface area contributed by atoms with E-state index in [1.807, 2.05) is 56.3 Å². The zero-order chi connectivity index (χ0) is 15.4. The van der Waals surface area contributed by atoms with Crippen LogP contribution < -0.4 is 4.74 Å². The fourth-order valence-corrected chi connectivity index (χ4v) is 2.57. The molecule has 0 amide bonds. The molecule has 0 aliphatic carbocycles. The van der Waals surface area contributed by atoms with Crippen molar-refractivity contribution in [3.63, 3.8) is 0 Å². The van der Waals surface area contributed by atoms with Gasteiger partial charge < -0.3 is 14.6 Å². The Balaban J connectivity index is 2.43. The third-order valence-electron chi connectivity index (χ3n) is 3.90. The van der Waals surface area contributed by atoms with E-state index in [2.05, 4.69) is 0 Å². The molecule has 3 nitrogen and oxygen atoms in total. The largest absolute Gasteiger partial charge is 0.496 e. The van der Waals surface area contributed by atoms with Crippen LogP contribution in [-0.2, 0) is 4.74 Å². The zero-order valence-electron chi connectivity index (χ0n) is 13.0. The number of benzene rings is 2. The Morgan fingerprint density at radius 3 is 2.19 bits per heavy atom. The Bertz CT molecular complexity index is 593. The summed E-state index contributed by atoms with van der Waals surface area (Å²) in [7, 11) is 3.23. The van der Waals surface area contributed by atoms with Gasteiger partial charge in [-0.2, -0.15) is 0 Å². The smallest absolute Gasteiger partial charge is 0.127 e. The average Bonchev–Trinajstić information content (AvgIpc) is 2.51. The van der Waals surface area contributed by atoms with Gasteiger partial charge in [-0.15, -0.1) is 0 Å². The molecule has 0 aliphatic heterocycles. The number of methoxy groups -OCH3 is 2. The highest BCUT2D eigenvalue weighted by molar-refractivity contribution is 5.47. The van der Waals surface area contributed by atoms with E-state index in [9.17, 15) is 5.11 Å². The molecule has 0 saturated carbocycles. The van der Waals surface area contributed by atoms with Gasteiger partial charge >= 0.3 is 0 Å². The number of aryl methyl sites for hydroxylation is 1. The Morgan fingerprint density at radius 2 is 1.62 bits per heavy atom. The minimum atomic E-state index is -0.786. The van der Waals surface area contributed by atoms with Crippen LogP contribution in [0, 0.1) is 13.8 Å². The van der Waals surface area contributed by atoms with Crippen molar-refractivity contribution in [3.05, 3.63) is 64.7 Å². The number of aliphatic hydroxyl groups excluding tert-OH is 1. The van der Waals surface area contributed by atoms with Gasteiger partial charge in [0.2, 0.25) is 0 Å². The normalized spacial score (nSPS) is 13.8. The molecule has 0 radical (unpaired) electrons. The lowest BCUT2D eigenvalue weighted by atomic mass is 9.94. The Labute approximate surface area is 126 Å². The van der Waals surface area contributed by atoms with Gasteiger partial charge in [0.1, 0.15) is 18.0 Å². The topological polar surface area (TPSA) is 38.7 Å². The van der Waals surface area contributed by atoms with Crippen molar-refractivity contribution in [3.8, 4) is 5.75 Å². The fourth-order valence-electron chi connectivity index (χ4n) is 2.57. The summed E-state index contributed by atoms with van der Waals surface area (Å²) in [6.45, 7) is 4.02. The second kappa shape index (κ2) is 6.74. The van der Waals surface area contributed by atoms with Crippen molar-refractivity contribution in [1.82, 2.24) is 0 Å². The molecule has 0 spiro atoms. The molecule has 3 heteroatoms. The van der Waals surface area contributed by atoms with Gasteiger partial charge in [-0.05, 0) is 30.5 Å². The lowest BCUT2D eigenvalue weighted by molar-refractivity contribution is -0.0159. The summed E-state index contributed by atoms with van der Waals surface area (Å²) in [6.07, 6.45) is -1.21. The highest BCUT2D eigenvalue weighted by Gasteiger charge is 2.26. The van der Waals surface area contributed by atoms with Crippen LogP contribution in [0.15, 0.2) is 42.5 Å². The van der Waals surface area contributed by atoms with Crippen LogP contribution in [0.3, 0.4) is 0 Å². The summed E-state index contributed by atoms with van der Waals surface area (Å²) in [4.78, 5) is 0. The SMILES string of the molecule is COc1c(C(O)C(OC)c2ccccc2)ccc(C)c1C.